The molecule has 2 saturated heterocycles. The Hall–Kier alpha value is -0.250. The summed E-state index contributed by atoms with van der Waals surface area (Å²) in [7, 11) is 0. The van der Waals surface area contributed by atoms with Crippen LogP contribution in [0.5, 0.6) is 0 Å². The fourth-order valence-corrected chi connectivity index (χ4v) is 6.52. The molecule has 1 saturated carbocycles. The molecule has 0 radical (unpaired) electrons. The summed E-state index contributed by atoms with van der Waals surface area (Å²) in [5, 5.41) is 11.1. The fraction of sp³-hybridized carbons (Fsp3) is 0.909. The van der Waals surface area contributed by atoms with Gasteiger partial charge in [-0.3, -0.25) is 4.79 Å². The summed E-state index contributed by atoms with van der Waals surface area (Å²) in [6.07, 6.45) is 4.76. The number of carbonyl (C=O) groups excluding carboxylic acids is 2. The van der Waals surface area contributed by atoms with Gasteiger partial charge in [0.15, 0.2) is 0 Å². The molecule has 2 heterocycles. The molecule has 3 fully saturated rings. The van der Waals surface area contributed by atoms with Crippen LogP contribution in [0.1, 0.15) is 52.4 Å². The Kier molecular flexibility index (Phi) is 8.38. The summed E-state index contributed by atoms with van der Waals surface area (Å²) >= 11 is 0.184. The number of piperidine rings is 1. The molecule has 0 atom stereocenters. The van der Waals surface area contributed by atoms with Crippen molar-refractivity contribution in [2.75, 3.05) is 50.7 Å². The number of hydrogen-bond acceptors (Lipinski definition) is 5. The van der Waals surface area contributed by atoms with Crippen LogP contribution >= 0.6 is 0 Å². The molecule has 3 aliphatic rings. The van der Waals surface area contributed by atoms with E-state index >= 15 is 0 Å². The SMILES string of the molecule is C[I-]N1CCN(CC2(O)CCN(C(=O)C3CCC(C(=O)C(C)C)CC3)CC2)CC1. The number of rotatable bonds is 6. The maximum atomic E-state index is 13.0. The molecule has 0 unspecified atom stereocenters. The molecule has 0 aromatic rings. The number of amides is 1. The Morgan fingerprint density at radius 1 is 0.966 bits per heavy atom. The second-order valence-corrected chi connectivity index (χ2v) is 11.8. The van der Waals surface area contributed by atoms with Crippen LogP contribution < -0.4 is 21.5 Å². The van der Waals surface area contributed by atoms with Crippen molar-refractivity contribution in [3.05, 3.63) is 0 Å². The Balaban J connectivity index is 1.42. The zero-order valence-corrected chi connectivity index (χ0v) is 20.6. The van der Waals surface area contributed by atoms with E-state index in [1.54, 1.807) is 0 Å². The number of hydrogen-bond donors (Lipinski definition) is 1. The number of Topliss-reactive ketones (excluding diaryl/α,β-unsaturated/α-hetero) is 1. The van der Waals surface area contributed by atoms with E-state index in [-0.39, 0.29) is 45.1 Å². The molecule has 168 valence electrons. The van der Waals surface area contributed by atoms with Crippen molar-refractivity contribution < 1.29 is 36.2 Å². The van der Waals surface area contributed by atoms with Gasteiger partial charge in [0.05, 0.1) is 0 Å². The van der Waals surface area contributed by atoms with Crippen molar-refractivity contribution in [3.8, 4) is 0 Å². The van der Waals surface area contributed by atoms with Crippen LogP contribution in [0.15, 0.2) is 0 Å². The molecule has 7 heteroatoms. The van der Waals surface area contributed by atoms with Gasteiger partial charge < -0.3 is 0 Å². The molecule has 0 aromatic carbocycles. The van der Waals surface area contributed by atoms with Crippen molar-refractivity contribution in [2.45, 2.75) is 58.0 Å². The van der Waals surface area contributed by atoms with Crippen LogP contribution in [0.3, 0.4) is 0 Å². The first-order chi connectivity index (χ1) is 13.8. The average molecular weight is 520 g/mol. The van der Waals surface area contributed by atoms with Crippen LogP contribution in [0, 0.1) is 17.8 Å². The molecule has 1 amide bonds. The zero-order valence-electron chi connectivity index (χ0n) is 18.4. The number of aliphatic hydroxyl groups is 1. The summed E-state index contributed by atoms with van der Waals surface area (Å²) in [6, 6.07) is 0. The normalized spacial score (nSPS) is 29.3. The van der Waals surface area contributed by atoms with Gasteiger partial charge >= 0.3 is 138 Å². The Labute approximate surface area is 187 Å². The van der Waals surface area contributed by atoms with Gasteiger partial charge in [0.2, 0.25) is 0 Å². The van der Waals surface area contributed by atoms with Crippen LogP contribution in [-0.4, -0.2) is 86.1 Å². The number of carbonyl (C=O) groups is 2. The van der Waals surface area contributed by atoms with Gasteiger partial charge in [-0.1, -0.05) is 13.8 Å². The van der Waals surface area contributed by atoms with Crippen LogP contribution in [0.4, 0.5) is 0 Å². The average Bonchev–Trinajstić information content (AvgIpc) is 2.73. The first kappa shape index (κ1) is 23.4. The Morgan fingerprint density at radius 2 is 1.52 bits per heavy atom. The Bertz CT molecular complexity index is 562. The molecule has 6 nitrogen and oxygen atoms in total. The van der Waals surface area contributed by atoms with Crippen molar-refractivity contribution in [1.29, 1.82) is 0 Å². The molecule has 2 aliphatic heterocycles. The third kappa shape index (κ3) is 6.14. The molecule has 0 aromatic heterocycles. The van der Waals surface area contributed by atoms with E-state index in [9.17, 15) is 14.7 Å². The molecule has 1 aliphatic carbocycles. The number of halogens is 1. The van der Waals surface area contributed by atoms with Crippen molar-refractivity contribution >= 4 is 11.7 Å². The van der Waals surface area contributed by atoms with E-state index in [0.717, 1.165) is 58.4 Å². The van der Waals surface area contributed by atoms with Crippen LogP contribution in [0.25, 0.3) is 0 Å². The number of piperazine rings is 1. The van der Waals surface area contributed by atoms with Gasteiger partial charge in [0, 0.05) is 11.8 Å². The number of β-amino-alcohol motifs (C(OH)–C–C–N with tert-alkyl or cyclic N) is 1. The number of likely N-dealkylation sites (tertiary alicyclic amines) is 1. The molecule has 0 spiro atoms. The maximum absolute atomic E-state index is 13.0. The monoisotopic (exact) mass is 520 g/mol. The van der Waals surface area contributed by atoms with Gasteiger partial charge in [-0.05, 0) is 12.8 Å². The first-order valence-corrected chi connectivity index (χ1v) is 14.5. The van der Waals surface area contributed by atoms with E-state index in [1.807, 2.05) is 18.7 Å². The third-order valence-corrected chi connectivity index (χ3v) is 9.46. The molecular weight excluding hydrogens is 481 g/mol. The predicted octanol–water partition coefficient (Wildman–Crippen LogP) is -1.38. The predicted molar refractivity (Wildman–Crippen MR) is 110 cm³/mol. The van der Waals surface area contributed by atoms with Crippen LogP contribution in [0.2, 0.25) is 0 Å². The number of ketones is 1. The van der Waals surface area contributed by atoms with Gasteiger partial charge in [0.25, 0.3) is 0 Å². The van der Waals surface area contributed by atoms with E-state index in [4.69, 9.17) is 0 Å². The summed E-state index contributed by atoms with van der Waals surface area (Å²) in [5.74, 6) is 0.936. The van der Waals surface area contributed by atoms with Gasteiger partial charge in [-0.15, -0.1) is 0 Å². The zero-order chi connectivity index (χ0) is 21.0. The minimum absolute atomic E-state index is 0.0721. The van der Waals surface area contributed by atoms with E-state index in [2.05, 4.69) is 12.9 Å². The van der Waals surface area contributed by atoms with Crippen molar-refractivity contribution in [1.82, 2.24) is 12.9 Å². The number of alkyl halides is 1. The van der Waals surface area contributed by atoms with Gasteiger partial charge in [-0.2, -0.15) is 0 Å². The van der Waals surface area contributed by atoms with E-state index in [0.29, 0.717) is 31.7 Å². The van der Waals surface area contributed by atoms with E-state index in [1.165, 1.54) is 0 Å². The molecule has 3 rings (SSSR count). The quantitative estimate of drug-likeness (QED) is 0.266. The fourth-order valence-electron chi connectivity index (χ4n) is 5.12. The molecule has 29 heavy (non-hydrogen) atoms. The second-order valence-electron chi connectivity index (χ2n) is 9.51. The minimum atomic E-state index is -0.651. The van der Waals surface area contributed by atoms with Gasteiger partial charge in [0.1, 0.15) is 5.78 Å². The molecule has 0 bridgehead atoms. The van der Waals surface area contributed by atoms with Crippen LogP contribution in [-0.2, 0) is 9.59 Å². The Morgan fingerprint density at radius 3 is 2.03 bits per heavy atom. The summed E-state index contributed by atoms with van der Waals surface area (Å²) < 4.78 is 2.56. The van der Waals surface area contributed by atoms with Crippen molar-refractivity contribution in [3.63, 3.8) is 0 Å². The topological polar surface area (TPSA) is 64.1 Å². The molecule has 1 N–H and O–H groups in total. The first-order valence-electron chi connectivity index (χ1n) is 11.3. The number of nitrogens with zero attached hydrogens (tertiary/aromatic N) is 3. The summed E-state index contributed by atoms with van der Waals surface area (Å²) in [4.78, 5) is 31.9. The van der Waals surface area contributed by atoms with Gasteiger partial charge in [-0.25, -0.2) is 0 Å². The van der Waals surface area contributed by atoms with E-state index < -0.39 is 5.60 Å². The summed E-state index contributed by atoms with van der Waals surface area (Å²) in [6.45, 7) is 10.4. The third-order valence-electron chi connectivity index (χ3n) is 7.13. The van der Waals surface area contributed by atoms with Crippen molar-refractivity contribution in [2.24, 2.45) is 17.8 Å². The second kappa shape index (κ2) is 10.4. The standard InChI is InChI=1S/C22H39IN3O3/c1-17(2)20(27)18-4-6-19(7-5-18)21(28)25-10-8-22(29,9-11-25)16-24-12-14-26(23-3)15-13-24/h17-19,29H,4-16H2,1-3H3/q-1. The molecular formula is C22H39IN3O3-. The summed E-state index contributed by atoms with van der Waals surface area (Å²) in [5.41, 5.74) is -0.651.